The third-order valence-corrected chi connectivity index (χ3v) is 2.79. The summed E-state index contributed by atoms with van der Waals surface area (Å²) >= 11 is 0. The van der Waals surface area contributed by atoms with Crippen LogP contribution in [-0.4, -0.2) is 18.0 Å². The molecule has 1 N–H and O–H groups in total. The molecule has 3 nitrogen and oxygen atoms in total. The third kappa shape index (κ3) is 1.67. The minimum atomic E-state index is -0.191. The van der Waals surface area contributed by atoms with E-state index in [1.807, 2.05) is 20.8 Å². The van der Waals surface area contributed by atoms with Gasteiger partial charge >= 0.3 is 0 Å². The first-order chi connectivity index (χ1) is 7.13. The summed E-state index contributed by atoms with van der Waals surface area (Å²) in [5.74, 6) is 1.22. The molecule has 2 rings (SSSR count). The van der Waals surface area contributed by atoms with E-state index >= 15 is 0 Å². The Balaban J connectivity index is 2.36. The van der Waals surface area contributed by atoms with Crippen molar-refractivity contribution in [2.75, 3.05) is 6.61 Å². The van der Waals surface area contributed by atoms with Crippen molar-refractivity contribution in [2.24, 2.45) is 0 Å². The van der Waals surface area contributed by atoms with Gasteiger partial charge in [0, 0.05) is 18.6 Å². The zero-order chi connectivity index (χ0) is 11.0. The van der Waals surface area contributed by atoms with Gasteiger partial charge in [-0.25, -0.2) is 0 Å². The molecule has 1 aliphatic heterocycles. The summed E-state index contributed by atoms with van der Waals surface area (Å²) in [5.41, 5.74) is 2.94. The van der Waals surface area contributed by atoms with E-state index in [9.17, 15) is 5.11 Å². The van der Waals surface area contributed by atoms with Crippen LogP contribution in [0.4, 0.5) is 0 Å². The SMILES string of the molecule is CCO[C@@H]1Cc2c(C)c(O)cc(C)c2O1. The molecule has 1 aromatic carbocycles. The molecule has 15 heavy (non-hydrogen) atoms. The van der Waals surface area contributed by atoms with Crippen molar-refractivity contribution in [1.29, 1.82) is 0 Å². The van der Waals surface area contributed by atoms with Gasteiger partial charge in [-0.15, -0.1) is 0 Å². The van der Waals surface area contributed by atoms with Crippen LogP contribution in [0.3, 0.4) is 0 Å². The molecule has 1 heterocycles. The Morgan fingerprint density at radius 3 is 2.93 bits per heavy atom. The van der Waals surface area contributed by atoms with Gasteiger partial charge in [0.1, 0.15) is 11.5 Å². The smallest absolute Gasteiger partial charge is 0.204 e. The quantitative estimate of drug-likeness (QED) is 0.810. The maximum atomic E-state index is 9.68. The number of rotatable bonds is 2. The van der Waals surface area contributed by atoms with E-state index in [1.165, 1.54) is 0 Å². The van der Waals surface area contributed by atoms with Crippen molar-refractivity contribution in [3.8, 4) is 11.5 Å². The van der Waals surface area contributed by atoms with Gasteiger partial charge in [0.25, 0.3) is 0 Å². The van der Waals surface area contributed by atoms with Crippen molar-refractivity contribution in [3.63, 3.8) is 0 Å². The molecule has 1 atom stereocenters. The second-order valence-electron chi connectivity index (χ2n) is 3.85. The van der Waals surface area contributed by atoms with E-state index in [-0.39, 0.29) is 6.29 Å². The van der Waals surface area contributed by atoms with E-state index in [0.29, 0.717) is 12.4 Å². The number of fused-ring (bicyclic) bond motifs is 1. The Hall–Kier alpha value is -1.22. The van der Waals surface area contributed by atoms with Crippen LogP contribution >= 0.6 is 0 Å². The summed E-state index contributed by atoms with van der Waals surface area (Å²) in [6.07, 6.45) is 0.536. The summed E-state index contributed by atoms with van der Waals surface area (Å²) in [5, 5.41) is 9.68. The molecule has 0 saturated carbocycles. The van der Waals surface area contributed by atoms with Gasteiger partial charge < -0.3 is 14.6 Å². The molecule has 0 radical (unpaired) electrons. The molecule has 0 aliphatic carbocycles. The van der Waals surface area contributed by atoms with E-state index in [4.69, 9.17) is 9.47 Å². The molecule has 0 amide bonds. The van der Waals surface area contributed by atoms with Crippen LogP contribution in [0, 0.1) is 13.8 Å². The van der Waals surface area contributed by atoms with Gasteiger partial charge in [-0.3, -0.25) is 0 Å². The molecule has 0 saturated heterocycles. The summed E-state index contributed by atoms with van der Waals surface area (Å²) in [6, 6.07) is 1.74. The van der Waals surface area contributed by atoms with Crippen LogP contribution in [0.25, 0.3) is 0 Å². The normalized spacial score (nSPS) is 18.7. The number of aryl methyl sites for hydroxylation is 1. The molecule has 3 heteroatoms. The molecular weight excluding hydrogens is 192 g/mol. The van der Waals surface area contributed by atoms with E-state index in [2.05, 4.69) is 0 Å². The average Bonchev–Trinajstić information content (AvgIpc) is 2.60. The van der Waals surface area contributed by atoms with E-state index < -0.39 is 0 Å². The Morgan fingerprint density at radius 1 is 1.53 bits per heavy atom. The summed E-state index contributed by atoms with van der Waals surface area (Å²) in [4.78, 5) is 0. The highest BCUT2D eigenvalue weighted by molar-refractivity contribution is 5.54. The molecule has 1 aromatic rings. The lowest BCUT2D eigenvalue weighted by atomic mass is 10.0. The third-order valence-electron chi connectivity index (χ3n) is 2.79. The lowest BCUT2D eigenvalue weighted by molar-refractivity contribution is -0.0605. The zero-order valence-corrected chi connectivity index (χ0v) is 9.33. The van der Waals surface area contributed by atoms with E-state index in [1.54, 1.807) is 6.07 Å². The number of aromatic hydroxyl groups is 1. The molecule has 0 fully saturated rings. The van der Waals surface area contributed by atoms with Crippen LogP contribution in [0.1, 0.15) is 23.6 Å². The zero-order valence-electron chi connectivity index (χ0n) is 9.33. The van der Waals surface area contributed by atoms with Crippen LogP contribution < -0.4 is 4.74 Å². The summed E-state index contributed by atoms with van der Waals surface area (Å²) in [6.45, 7) is 6.43. The maximum Gasteiger partial charge on any atom is 0.204 e. The van der Waals surface area contributed by atoms with Gasteiger partial charge in [-0.2, -0.15) is 0 Å². The van der Waals surface area contributed by atoms with Crippen molar-refractivity contribution in [2.45, 2.75) is 33.5 Å². The number of benzene rings is 1. The predicted octanol–water partition coefficient (Wildman–Crippen LogP) is 2.31. The monoisotopic (exact) mass is 208 g/mol. The van der Waals surface area contributed by atoms with Gasteiger partial charge in [-0.05, 0) is 38.0 Å². The predicted molar refractivity (Wildman–Crippen MR) is 57.3 cm³/mol. The molecule has 0 unspecified atom stereocenters. The first kappa shape index (κ1) is 10.3. The van der Waals surface area contributed by atoms with Gasteiger partial charge in [0.2, 0.25) is 6.29 Å². The van der Waals surface area contributed by atoms with Crippen molar-refractivity contribution in [1.82, 2.24) is 0 Å². The van der Waals surface area contributed by atoms with Crippen LogP contribution in [-0.2, 0) is 11.2 Å². The average molecular weight is 208 g/mol. The minimum absolute atomic E-state index is 0.191. The standard InChI is InChI=1S/C12H16O3/c1-4-14-11-6-9-8(3)10(13)5-7(2)12(9)15-11/h5,11,13H,4,6H2,1-3H3/t11-/m0/s1. The molecular formula is C12H16O3. The molecule has 0 spiro atoms. The lowest BCUT2D eigenvalue weighted by Gasteiger charge is -2.10. The lowest BCUT2D eigenvalue weighted by Crippen LogP contribution is -2.17. The van der Waals surface area contributed by atoms with E-state index in [0.717, 1.165) is 28.9 Å². The topological polar surface area (TPSA) is 38.7 Å². The second kappa shape index (κ2) is 3.74. The largest absolute Gasteiger partial charge is 0.508 e. The fourth-order valence-corrected chi connectivity index (χ4v) is 1.97. The second-order valence-corrected chi connectivity index (χ2v) is 3.85. The first-order valence-corrected chi connectivity index (χ1v) is 5.23. The van der Waals surface area contributed by atoms with Crippen LogP contribution in [0.5, 0.6) is 11.5 Å². The summed E-state index contributed by atoms with van der Waals surface area (Å²) < 4.78 is 11.1. The van der Waals surface area contributed by atoms with Crippen molar-refractivity contribution < 1.29 is 14.6 Å². The number of hydrogen-bond acceptors (Lipinski definition) is 3. The number of phenolic OH excluding ortho intramolecular Hbond substituents is 1. The molecule has 1 aliphatic rings. The fourth-order valence-electron chi connectivity index (χ4n) is 1.97. The highest BCUT2D eigenvalue weighted by Gasteiger charge is 2.27. The van der Waals surface area contributed by atoms with Gasteiger partial charge in [0.15, 0.2) is 0 Å². The van der Waals surface area contributed by atoms with Gasteiger partial charge in [0.05, 0.1) is 0 Å². The summed E-state index contributed by atoms with van der Waals surface area (Å²) in [7, 11) is 0. The van der Waals surface area contributed by atoms with Crippen LogP contribution in [0.15, 0.2) is 6.07 Å². The Kier molecular flexibility index (Phi) is 2.57. The molecule has 0 aromatic heterocycles. The van der Waals surface area contributed by atoms with Crippen LogP contribution in [0.2, 0.25) is 0 Å². The first-order valence-electron chi connectivity index (χ1n) is 5.23. The Morgan fingerprint density at radius 2 is 2.27 bits per heavy atom. The highest BCUT2D eigenvalue weighted by Crippen LogP contribution is 2.38. The maximum absolute atomic E-state index is 9.68. The van der Waals surface area contributed by atoms with Crippen molar-refractivity contribution >= 4 is 0 Å². The fraction of sp³-hybridized carbons (Fsp3) is 0.500. The number of hydrogen-bond donors (Lipinski definition) is 1. The molecule has 0 bridgehead atoms. The number of phenols is 1. The number of ether oxygens (including phenoxy) is 2. The Labute approximate surface area is 89.6 Å². The Bertz CT molecular complexity index is 385. The van der Waals surface area contributed by atoms with Gasteiger partial charge in [-0.1, -0.05) is 0 Å². The van der Waals surface area contributed by atoms with Crippen molar-refractivity contribution in [3.05, 3.63) is 22.8 Å². The highest BCUT2D eigenvalue weighted by atomic mass is 16.7. The minimum Gasteiger partial charge on any atom is -0.508 e. The molecule has 82 valence electrons.